The Balaban J connectivity index is 3.91. The van der Waals surface area contributed by atoms with E-state index in [0.29, 0.717) is 0 Å². The number of rotatable bonds is 6. The number of hydrogen-bond donors (Lipinski definition) is 0. The standard InChI is InChI=1S/C5H12ClO4P/c1-3-8-11(7,9-4-2)10-5-6/h3-5H2,1-2H3. The maximum atomic E-state index is 11.3. The van der Waals surface area contributed by atoms with Crippen LogP contribution in [0.4, 0.5) is 0 Å². The number of phosphoric ester groups is 1. The van der Waals surface area contributed by atoms with Gasteiger partial charge in [0.15, 0.2) is 0 Å². The molecule has 0 unspecified atom stereocenters. The van der Waals surface area contributed by atoms with Gasteiger partial charge in [-0.2, -0.15) is 0 Å². The molecule has 0 aliphatic heterocycles. The van der Waals surface area contributed by atoms with Crippen LogP contribution in [0.25, 0.3) is 0 Å². The fourth-order valence-corrected chi connectivity index (χ4v) is 1.82. The molecule has 0 aliphatic rings. The molecule has 0 aromatic heterocycles. The van der Waals surface area contributed by atoms with E-state index in [0.717, 1.165) is 0 Å². The van der Waals surface area contributed by atoms with Crippen molar-refractivity contribution in [2.75, 3.05) is 19.3 Å². The van der Waals surface area contributed by atoms with E-state index in [1.54, 1.807) is 13.8 Å². The lowest BCUT2D eigenvalue weighted by molar-refractivity contribution is 0.136. The molecule has 4 nitrogen and oxygen atoms in total. The molecule has 0 aromatic rings. The maximum absolute atomic E-state index is 11.3. The van der Waals surface area contributed by atoms with Crippen LogP contribution in [0.5, 0.6) is 0 Å². The fraction of sp³-hybridized carbons (Fsp3) is 1.00. The second kappa shape index (κ2) is 5.98. The summed E-state index contributed by atoms with van der Waals surface area (Å²) in [5.74, 6) is 0. The number of alkyl halides is 1. The van der Waals surface area contributed by atoms with Gasteiger partial charge in [-0.05, 0) is 13.8 Å². The van der Waals surface area contributed by atoms with Crippen LogP contribution >= 0.6 is 19.4 Å². The van der Waals surface area contributed by atoms with Crippen molar-refractivity contribution in [3.63, 3.8) is 0 Å². The summed E-state index contributed by atoms with van der Waals surface area (Å²) in [5.41, 5.74) is 0. The summed E-state index contributed by atoms with van der Waals surface area (Å²) in [6, 6.07) is -0.197. The van der Waals surface area contributed by atoms with Crippen molar-refractivity contribution >= 4 is 19.4 Å². The summed E-state index contributed by atoms with van der Waals surface area (Å²) in [4.78, 5) is 0. The van der Waals surface area contributed by atoms with Gasteiger partial charge in [0.2, 0.25) is 0 Å². The van der Waals surface area contributed by atoms with Gasteiger partial charge in [0.25, 0.3) is 0 Å². The first-order valence-electron chi connectivity index (χ1n) is 3.28. The lowest BCUT2D eigenvalue weighted by Crippen LogP contribution is -1.98. The zero-order chi connectivity index (χ0) is 8.74. The number of halogens is 1. The maximum Gasteiger partial charge on any atom is 0.475 e. The van der Waals surface area contributed by atoms with E-state index in [1.807, 2.05) is 0 Å². The zero-order valence-electron chi connectivity index (χ0n) is 6.58. The monoisotopic (exact) mass is 202 g/mol. The molecule has 0 amide bonds. The highest BCUT2D eigenvalue weighted by atomic mass is 35.5. The van der Waals surface area contributed by atoms with Crippen molar-refractivity contribution in [3.8, 4) is 0 Å². The molecule has 11 heavy (non-hydrogen) atoms. The summed E-state index contributed by atoms with van der Waals surface area (Å²) in [5, 5.41) is 0. The SMILES string of the molecule is CCOP(=O)(OCC)OCCl. The van der Waals surface area contributed by atoms with Crippen molar-refractivity contribution in [2.45, 2.75) is 13.8 Å². The Morgan fingerprint density at radius 3 is 1.91 bits per heavy atom. The molecule has 68 valence electrons. The van der Waals surface area contributed by atoms with E-state index in [9.17, 15) is 4.57 Å². The Morgan fingerprint density at radius 2 is 1.64 bits per heavy atom. The predicted molar refractivity (Wildman–Crippen MR) is 42.7 cm³/mol. The minimum absolute atomic E-state index is 0.197. The van der Waals surface area contributed by atoms with Gasteiger partial charge in [0.05, 0.1) is 13.2 Å². The second-order valence-corrected chi connectivity index (χ2v) is 3.41. The minimum atomic E-state index is -3.35. The highest BCUT2D eigenvalue weighted by Crippen LogP contribution is 2.49. The Kier molecular flexibility index (Phi) is 6.19. The summed E-state index contributed by atoms with van der Waals surface area (Å²) in [7, 11) is -3.35. The molecule has 0 bridgehead atoms. The van der Waals surface area contributed by atoms with Crippen molar-refractivity contribution in [1.82, 2.24) is 0 Å². The summed E-state index contributed by atoms with van der Waals surface area (Å²) < 4.78 is 25.3. The largest absolute Gasteiger partial charge is 0.475 e. The van der Waals surface area contributed by atoms with E-state index >= 15 is 0 Å². The average molecular weight is 203 g/mol. The van der Waals surface area contributed by atoms with Gasteiger partial charge >= 0.3 is 7.82 Å². The van der Waals surface area contributed by atoms with E-state index in [4.69, 9.17) is 20.6 Å². The molecule has 0 aliphatic carbocycles. The molecule has 0 aromatic carbocycles. The quantitative estimate of drug-likeness (QED) is 0.490. The van der Waals surface area contributed by atoms with Gasteiger partial charge in [-0.15, -0.1) is 0 Å². The van der Waals surface area contributed by atoms with Gasteiger partial charge in [0.1, 0.15) is 6.07 Å². The lowest BCUT2D eigenvalue weighted by Gasteiger charge is -2.13. The molecule has 0 saturated heterocycles. The first kappa shape index (κ1) is 11.4. The van der Waals surface area contributed by atoms with Crippen LogP contribution < -0.4 is 0 Å². The molecule has 0 radical (unpaired) electrons. The highest BCUT2D eigenvalue weighted by Gasteiger charge is 2.24. The highest BCUT2D eigenvalue weighted by molar-refractivity contribution is 7.48. The van der Waals surface area contributed by atoms with Crippen LogP contribution in [0, 0.1) is 0 Å². The molecule has 0 rings (SSSR count). The van der Waals surface area contributed by atoms with Crippen LogP contribution in [0.15, 0.2) is 0 Å². The molecule has 0 N–H and O–H groups in total. The average Bonchev–Trinajstić information content (AvgIpc) is 1.88. The van der Waals surface area contributed by atoms with Crippen LogP contribution in [-0.2, 0) is 18.1 Å². The van der Waals surface area contributed by atoms with E-state index < -0.39 is 7.82 Å². The van der Waals surface area contributed by atoms with Gasteiger partial charge in [-0.3, -0.25) is 13.6 Å². The summed E-state index contributed by atoms with van der Waals surface area (Å²) in [6.07, 6.45) is 0. The van der Waals surface area contributed by atoms with Crippen LogP contribution in [0.2, 0.25) is 0 Å². The number of phosphoric acid groups is 1. The summed E-state index contributed by atoms with van der Waals surface area (Å²) >= 11 is 5.20. The van der Waals surface area contributed by atoms with Crippen LogP contribution in [-0.4, -0.2) is 19.3 Å². The topological polar surface area (TPSA) is 44.8 Å². The van der Waals surface area contributed by atoms with Gasteiger partial charge < -0.3 is 0 Å². The van der Waals surface area contributed by atoms with Crippen LogP contribution in [0.3, 0.4) is 0 Å². The first-order chi connectivity index (χ1) is 5.18. The third-order valence-electron chi connectivity index (χ3n) is 0.781. The smallest absolute Gasteiger partial charge is 0.287 e. The number of hydrogen-bond acceptors (Lipinski definition) is 4. The van der Waals surface area contributed by atoms with Gasteiger partial charge in [-0.1, -0.05) is 11.6 Å². The van der Waals surface area contributed by atoms with Crippen LogP contribution in [0.1, 0.15) is 13.8 Å². The Hall–Kier alpha value is 0.400. The lowest BCUT2D eigenvalue weighted by atomic mass is 10.9. The third kappa shape index (κ3) is 4.77. The molecule has 0 atom stereocenters. The molecular weight excluding hydrogens is 190 g/mol. The second-order valence-electron chi connectivity index (χ2n) is 1.52. The van der Waals surface area contributed by atoms with E-state index in [-0.39, 0.29) is 19.3 Å². The first-order valence-corrected chi connectivity index (χ1v) is 5.27. The van der Waals surface area contributed by atoms with Gasteiger partial charge in [0, 0.05) is 0 Å². The Labute approximate surface area is 71.4 Å². The normalized spacial score (nSPS) is 11.9. The molecule has 0 fully saturated rings. The van der Waals surface area contributed by atoms with Crippen molar-refractivity contribution in [1.29, 1.82) is 0 Å². The Bertz CT molecular complexity index is 117. The molecule has 0 spiro atoms. The van der Waals surface area contributed by atoms with Crippen molar-refractivity contribution in [2.24, 2.45) is 0 Å². The predicted octanol–water partition coefficient (Wildman–Crippen LogP) is 2.38. The van der Waals surface area contributed by atoms with E-state index in [2.05, 4.69) is 4.52 Å². The van der Waals surface area contributed by atoms with Crippen molar-refractivity contribution in [3.05, 3.63) is 0 Å². The van der Waals surface area contributed by atoms with Gasteiger partial charge in [-0.25, -0.2) is 4.57 Å². The third-order valence-corrected chi connectivity index (χ3v) is 2.64. The minimum Gasteiger partial charge on any atom is -0.287 e. The van der Waals surface area contributed by atoms with Crippen molar-refractivity contribution < 1.29 is 18.1 Å². The molecular formula is C5H12ClO4P. The van der Waals surface area contributed by atoms with E-state index in [1.165, 1.54) is 0 Å². The molecule has 0 heterocycles. The summed E-state index contributed by atoms with van der Waals surface area (Å²) in [6.45, 7) is 3.94. The fourth-order valence-electron chi connectivity index (χ4n) is 0.488. The molecule has 6 heteroatoms. The Morgan fingerprint density at radius 1 is 1.18 bits per heavy atom. The molecule has 0 saturated carbocycles. The zero-order valence-corrected chi connectivity index (χ0v) is 8.23.